The van der Waals surface area contributed by atoms with Crippen molar-refractivity contribution in [3.05, 3.63) is 63.3 Å². The summed E-state index contributed by atoms with van der Waals surface area (Å²) in [4.78, 5) is 43.8. The Morgan fingerprint density at radius 2 is 1.80 bits per heavy atom. The SMILES string of the molecule is CCC(Oc1c(-c2ccc(OC)c(OC)c2)oc2ccccc2c1=O)C(=O)Nc1nc(C)c(C(=O)OC(C)C)s1. The molecule has 0 radical (unpaired) electrons. The molecule has 0 bridgehead atoms. The van der Waals surface area contributed by atoms with Crippen LogP contribution in [0.15, 0.2) is 51.7 Å². The summed E-state index contributed by atoms with van der Waals surface area (Å²) >= 11 is 1.01. The Hall–Kier alpha value is -4.38. The smallest absolute Gasteiger partial charge is 0.350 e. The molecule has 40 heavy (non-hydrogen) atoms. The molecular formula is C29H30N2O8S. The van der Waals surface area contributed by atoms with Crippen molar-refractivity contribution in [2.75, 3.05) is 19.5 Å². The molecule has 0 spiro atoms. The molecule has 1 unspecified atom stereocenters. The number of para-hydroxylation sites is 1. The summed E-state index contributed by atoms with van der Waals surface area (Å²) in [5.41, 5.74) is 0.864. The minimum Gasteiger partial charge on any atom is -0.493 e. The summed E-state index contributed by atoms with van der Waals surface area (Å²) in [5, 5.41) is 3.22. The molecule has 2 heterocycles. The number of fused-ring (bicyclic) bond motifs is 1. The fourth-order valence-corrected chi connectivity index (χ4v) is 4.81. The van der Waals surface area contributed by atoms with Gasteiger partial charge in [-0.05, 0) is 57.5 Å². The monoisotopic (exact) mass is 566 g/mol. The van der Waals surface area contributed by atoms with Crippen LogP contribution < -0.4 is 25.0 Å². The number of hydrogen-bond donors (Lipinski definition) is 1. The molecular weight excluding hydrogens is 536 g/mol. The molecule has 0 saturated carbocycles. The van der Waals surface area contributed by atoms with Crippen molar-refractivity contribution < 1.29 is 33.0 Å². The summed E-state index contributed by atoms with van der Waals surface area (Å²) in [5.74, 6) is -0.104. The van der Waals surface area contributed by atoms with Crippen LogP contribution in [0.2, 0.25) is 0 Å². The zero-order valence-corrected chi connectivity index (χ0v) is 23.8. The highest BCUT2D eigenvalue weighted by Crippen LogP contribution is 2.37. The average Bonchev–Trinajstić information content (AvgIpc) is 3.31. The number of carbonyl (C=O) groups is 2. The van der Waals surface area contributed by atoms with Gasteiger partial charge in [0.1, 0.15) is 10.5 Å². The van der Waals surface area contributed by atoms with Gasteiger partial charge in [-0.2, -0.15) is 0 Å². The van der Waals surface area contributed by atoms with E-state index in [-0.39, 0.29) is 29.2 Å². The molecule has 0 aliphatic carbocycles. The molecule has 4 aromatic rings. The lowest BCUT2D eigenvalue weighted by Crippen LogP contribution is -2.34. The van der Waals surface area contributed by atoms with Crippen LogP contribution in [0.3, 0.4) is 0 Å². The number of carbonyl (C=O) groups excluding carboxylic acids is 2. The molecule has 1 amide bonds. The second-order valence-electron chi connectivity index (χ2n) is 9.05. The number of rotatable bonds is 10. The van der Waals surface area contributed by atoms with Crippen molar-refractivity contribution in [1.82, 2.24) is 4.98 Å². The zero-order valence-electron chi connectivity index (χ0n) is 23.0. The largest absolute Gasteiger partial charge is 0.493 e. The number of hydrogen-bond acceptors (Lipinski definition) is 10. The van der Waals surface area contributed by atoms with Crippen LogP contribution in [0.4, 0.5) is 5.13 Å². The first kappa shape index (κ1) is 28.6. The van der Waals surface area contributed by atoms with Crippen molar-refractivity contribution in [2.24, 2.45) is 0 Å². The predicted molar refractivity (Wildman–Crippen MR) is 152 cm³/mol. The zero-order chi connectivity index (χ0) is 29.0. The van der Waals surface area contributed by atoms with E-state index in [1.54, 1.807) is 70.2 Å². The van der Waals surface area contributed by atoms with Gasteiger partial charge in [0.2, 0.25) is 11.2 Å². The van der Waals surface area contributed by atoms with E-state index < -0.39 is 23.4 Å². The molecule has 210 valence electrons. The first-order valence-electron chi connectivity index (χ1n) is 12.6. The Morgan fingerprint density at radius 3 is 2.48 bits per heavy atom. The Kier molecular flexibility index (Phi) is 8.73. The Morgan fingerprint density at radius 1 is 1.07 bits per heavy atom. The van der Waals surface area contributed by atoms with Gasteiger partial charge < -0.3 is 23.4 Å². The Labute approximate surface area is 234 Å². The maximum Gasteiger partial charge on any atom is 0.350 e. The van der Waals surface area contributed by atoms with Crippen LogP contribution in [0.25, 0.3) is 22.3 Å². The number of amides is 1. The maximum atomic E-state index is 13.6. The van der Waals surface area contributed by atoms with Crippen LogP contribution >= 0.6 is 11.3 Å². The van der Waals surface area contributed by atoms with Crippen molar-refractivity contribution in [1.29, 1.82) is 0 Å². The standard InChI is InChI=1S/C29H30N2O8S/c1-7-19(27(33)31-29-30-16(4)26(40-29)28(34)37-15(2)3)38-25-23(32)18-10-8-9-11-20(18)39-24(25)17-12-13-21(35-5)22(14-17)36-6/h8-15,19H,7H2,1-6H3,(H,30,31,33). The van der Waals surface area contributed by atoms with E-state index in [2.05, 4.69) is 10.3 Å². The van der Waals surface area contributed by atoms with Gasteiger partial charge in [0, 0.05) is 5.56 Å². The number of esters is 1. The van der Waals surface area contributed by atoms with Crippen molar-refractivity contribution in [3.8, 4) is 28.6 Å². The van der Waals surface area contributed by atoms with E-state index in [0.717, 1.165) is 11.3 Å². The molecule has 4 rings (SSSR count). The van der Waals surface area contributed by atoms with Crippen molar-refractivity contribution in [2.45, 2.75) is 46.3 Å². The topological polar surface area (TPSA) is 126 Å². The highest BCUT2D eigenvalue weighted by molar-refractivity contribution is 7.17. The highest BCUT2D eigenvalue weighted by atomic mass is 32.1. The quantitative estimate of drug-likeness (QED) is 0.244. The lowest BCUT2D eigenvalue weighted by molar-refractivity contribution is -0.122. The third-order valence-corrected chi connectivity index (χ3v) is 6.93. The fourth-order valence-electron chi connectivity index (χ4n) is 3.96. The van der Waals surface area contributed by atoms with Crippen LogP contribution in [0.5, 0.6) is 17.2 Å². The first-order valence-corrected chi connectivity index (χ1v) is 13.4. The number of nitrogens with zero attached hydrogens (tertiary/aromatic N) is 1. The molecule has 11 heteroatoms. The van der Waals surface area contributed by atoms with Crippen LogP contribution in [-0.4, -0.2) is 43.3 Å². The lowest BCUT2D eigenvalue weighted by Gasteiger charge is -2.18. The second-order valence-corrected chi connectivity index (χ2v) is 10.0. The number of anilines is 1. The van der Waals surface area contributed by atoms with E-state index in [0.29, 0.717) is 38.6 Å². The van der Waals surface area contributed by atoms with Gasteiger partial charge in [0.05, 0.1) is 31.4 Å². The fraction of sp³-hybridized carbons (Fsp3) is 0.310. The van der Waals surface area contributed by atoms with Crippen LogP contribution in [0.1, 0.15) is 42.6 Å². The Balaban J connectivity index is 1.70. The average molecular weight is 567 g/mol. The number of methoxy groups -OCH3 is 2. The number of benzene rings is 2. The van der Waals surface area contributed by atoms with E-state index in [4.69, 9.17) is 23.4 Å². The predicted octanol–water partition coefficient (Wildman–Crippen LogP) is 5.60. The van der Waals surface area contributed by atoms with Gasteiger partial charge in [0.15, 0.2) is 28.5 Å². The third-order valence-electron chi connectivity index (χ3n) is 5.88. The van der Waals surface area contributed by atoms with E-state index in [1.165, 1.54) is 14.2 Å². The number of nitrogens with one attached hydrogen (secondary N) is 1. The van der Waals surface area contributed by atoms with Crippen molar-refractivity contribution in [3.63, 3.8) is 0 Å². The maximum absolute atomic E-state index is 13.6. The number of ether oxygens (including phenoxy) is 4. The van der Waals surface area contributed by atoms with Gasteiger partial charge in [-0.25, -0.2) is 9.78 Å². The second kappa shape index (κ2) is 12.2. The molecule has 1 N–H and O–H groups in total. The molecule has 2 aromatic heterocycles. The van der Waals surface area contributed by atoms with Gasteiger partial charge in [-0.3, -0.25) is 14.9 Å². The number of thiazole rings is 1. The molecule has 0 aliphatic heterocycles. The van der Waals surface area contributed by atoms with Gasteiger partial charge in [-0.1, -0.05) is 30.4 Å². The van der Waals surface area contributed by atoms with E-state index in [9.17, 15) is 14.4 Å². The van der Waals surface area contributed by atoms with Crippen molar-refractivity contribution >= 4 is 39.3 Å². The van der Waals surface area contributed by atoms with Crippen LogP contribution in [-0.2, 0) is 9.53 Å². The molecule has 0 fully saturated rings. The van der Waals surface area contributed by atoms with E-state index >= 15 is 0 Å². The molecule has 0 saturated heterocycles. The summed E-state index contributed by atoms with van der Waals surface area (Å²) < 4.78 is 28.2. The molecule has 10 nitrogen and oxygen atoms in total. The lowest BCUT2D eigenvalue weighted by atomic mass is 10.1. The van der Waals surface area contributed by atoms with Gasteiger partial charge in [-0.15, -0.1) is 0 Å². The van der Waals surface area contributed by atoms with E-state index in [1.807, 2.05) is 0 Å². The first-order chi connectivity index (χ1) is 19.2. The summed E-state index contributed by atoms with van der Waals surface area (Å²) in [6.07, 6.45) is -1.13. The third kappa shape index (κ3) is 5.94. The van der Waals surface area contributed by atoms with Crippen LogP contribution in [0, 0.1) is 6.92 Å². The molecule has 1 atom stereocenters. The number of aromatic nitrogens is 1. The van der Waals surface area contributed by atoms with Gasteiger partial charge >= 0.3 is 5.97 Å². The highest BCUT2D eigenvalue weighted by Gasteiger charge is 2.27. The Bertz CT molecular complexity index is 1610. The van der Waals surface area contributed by atoms with Gasteiger partial charge in [0.25, 0.3) is 5.91 Å². The normalized spacial score (nSPS) is 11.8. The molecule has 0 aliphatic rings. The summed E-state index contributed by atoms with van der Waals surface area (Å²) in [6, 6.07) is 11.8. The minimum atomic E-state index is -1.07. The molecule has 2 aromatic carbocycles. The number of aryl methyl sites for hydroxylation is 1. The summed E-state index contributed by atoms with van der Waals surface area (Å²) in [7, 11) is 3.02. The minimum absolute atomic E-state index is 0.121. The summed E-state index contributed by atoms with van der Waals surface area (Å²) in [6.45, 7) is 6.91.